The van der Waals surface area contributed by atoms with E-state index in [1.54, 1.807) is 0 Å². The van der Waals surface area contributed by atoms with E-state index in [2.05, 4.69) is 36.1 Å². The Morgan fingerprint density at radius 1 is 1.41 bits per heavy atom. The fourth-order valence-corrected chi connectivity index (χ4v) is 2.59. The lowest BCUT2D eigenvalue weighted by molar-refractivity contribution is 0.184. The van der Waals surface area contributed by atoms with E-state index in [9.17, 15) is 0 Å². The average molecular weight is 256 g/mol. The third-order valence-corrected chi connectivity index (χ3v) is 3.94. The Hall–Kier alpha value is -0.540. The monoisotopic (exact) mass is 255 g/mol. The first-order valence-electron chi connectivity index (χ1n) is 6.51. The summed E-state index contributed by atoms with van der Waals surface area (Å²) in [6.45, 7) is 7.61. The molecule has 0 spiro atoms. The van der Waals surface area contributed by atoms with Crippen LogP contribution in [0.5, 0.6) is 0 Å². The van der Waals surface area contributed by atoms with Crippen LogP contribution in [0.2, 0.25) is 0 Å². The van der Waals surface area contributed by atoms with Crippen LogP contribution in [-0.4, -0.2) is 33.6 Å². The van der Waals surface area contributed by atoms with Gasteiger partial charge in [-0.1, -0.05) is 0 Å². The fraction of sp³-hybridized carbons (Fsp3) is 0.769. The van der Waals surface area contributed by atoms with Gasteiger partial charge in [0, 0.05) is 24.7 Å². The van der Waals surface area contributed by atoms with E-state index >= 15 is 0 Å². The third-order valence-electron chi connectivity index (χ3n) is 3.50. The number of alkyl halides is 1. The molecule has 2 heterocycles. The Labute approximate surface area is 109 Å². The predicted molar refractivity (Wildman–Crippen MR) is 71.3 cm³/mol. The van der Waals surface area contributed by atoms with Crippen LogP contribution >= 0.6 is 11.6 Å². The van der Waals surface area contributed by atoms with Gasteiger partial charge in [-0.2, -0.15) is 5.10 Å². The number of piperidine rings is 1. The fourth-order valence-electron chi connectivity index (χ4n) is 2.28. The summed E-state index contributed by atoms with van der Waals surface area (Å²) >= 11 is 5.89. The molecule has 1 aromatic heterocycles. The molecule has 0 atom stereocenters. The van der Waals surface area contributed by atoms with Crippen molar-refractivity contribution in [1.29, 1.82) is 0 Å². The average Bonchev–Trinajstić information content (AvgIpc) is 2.79. The molecular weight excluding hydrogens is 234 g/mol. The Bertz CT molecular complexity index is 340. The lowest BCUT2D eigenvalue weighted by Gasteiger charge is -2.30. The highest BCUT2D eigenvalue weighted by atomic mass is 35.5. The zero-order valence-corrected chi connectivity index (χ0v) is 11.5. The lowest BCUT2D eigenvalue weighted by atomic mass is 9.99. The van der Waals surface area contributed by atoms with Gasteiger partial charge in [0.05, 0.1) is 5.69 Å². The number of hydrogen-bond acceptors (Lipinski definition) is 2. The van der Waals surface area contributed by atoms with Crippen molar-refractivity contribution >= 4 is 11.6 Å². The molecule has 0 amide bonds. The van der Waals surface area contributed by atoms with Gasteiger partial charge < -0.3 is 0 Å². The second-order valence-corrected chi connectivity index (χ2v) is 5.56. The molecule has 2 rings (SSSR count). The van der Waals surface area contributed by atoms with E-state index in [1.165, 1.54) is 18.5 Å². The van der Waals surface area contributed by atoms with E-state index in [0.29, 0.717) is 6.04 Å². The molecule has 1 saturated heterocycles. The first kappa shape index (κ1) is 12.9. The van der Waals surface area contributed by atoms with Crippen molar-refractivity contribution in [2.45, 2.75) is 39.3 Å². The van der Waals surface area contributed by atoms with Crippen molar-refractivity contribution in [2.24, 2.45) is 5.92 Å². The summed E-state index contributed by atoms with van der Waals surface area (Å²) in [5.74, 6) is 1.54. The van der Waals surface area contributed by atoms with Gasteiger partial charge in [0.2, 0.25) is 0 Å². The second kappa shape index (κ2) is 5.87. The van der Waals surface area contributed by atoms with Crippen LogP contribution in [0.1, 0.15) is 38.4 Å². The van der Waals surface area contributed by atoms with E-state index < -0.39 is 0 Å². The van der Waals surface area contributed by atoms with Gasteiger partial charge in [-0.15, -0.1) is 11.6 Å². The highest BCUT2D eigenvalue weighted by molar-refractivity contribution is 6.18. The van der Waals surface area contributed by atoms with Crippen molar-refractivity contribution in [3.05, 3.63) is 18.0 Å². The summed E-state index contributed by atoms with van der Waals surface area (Å²) in [4.78, 5) is 2.48. The summed E-state index contributed by atoms with van der Waals surface area (Å²) in [6, 6.07) is 2.58. The van der Waals surface area contributed by atoms with Crippen LogP contribution in [0.3, 0.4) is 0 Å². The van der Waals surface area contributed by atoms with Gasteiger partial charge in [0.15, 0.2) is 0 Å². The van der Waals surface area contributed by atoms with Crippen molar-refractivity contribution in [1.82, 2.24) is 14.7 Å². The zero-order valence-electron chi connectivity index (χ0n) is 10.8. The Kier molecular flexibility index (Phi) is 4.46. The van der Waals surface area contributed by atoms with Gasteiger partial charge >= 0.3 is 0 Å². The minimum Gasteiger partial charge on any atom is -0.297 e. The normalized spacial score (nSPS) is 19.1. The predicted octanol–water partition coefficient (Wildman–Crippen LogP) is 2.91. The highest BCUT2D eigenvalue weighted by Gasteiger charge is 2.18. The Morgan fingerprint density at radius 3 is 2.65 bits per heavy atom. The molecule has 17 heavy (non-hydrogen) atoms. The van der Waals surface area contributed by atoms with Gasteiger partial charge in [0.25, 0.3) is 0 Å². The lowest BCUT2D eigenvalue weighted by Crippen LogP contribution is -2.33. The standard InChI is InChI=1S/C13H22ClN3/c1-11(2)17-8-5-13(15-17)10-16-6-3-12(9-14)4-7-16/h5,8,11-12H,3-4,6-7,9-10H2,1-2H3. The van der Waals surface area contributed by atoms with Gasteiger partial charge in [-0.25, -0.2) is 0 Å². The molecule has 4 heteroatoms. The van der Waals surface area contributed by atoms with E-state index in [1.807, 2.05) is 4.68 Å². The zero-order chi connectivity index (χ0) is 12.3. The molecule has 3 nitrogen and oxygen atoms in total. The summed E-state index contributed by atoms with van der Waals surface area (Å²) in [6.07, 6.45) is 4.54. The highest BCUT2D eigenvalue weighted by Crippen LogP contribution is 2.19. The first-order valence-corrected chi connectivity index (χ1v) is 7.05. The molecule has 0 radical (unpaired) electrons. The number of hydrogen-bond donors (Lipinski definition) is 0. The molecule has 1 aliphatic heterocycles. The summed E-state index contributed by atoms with van der Waals surface area (Å²) < 4.78 is 2.03. The number of halogens is 1. The molecule has 1 aromatic rings. The summed E-state index contributed by atoms with van der Waals surface area (Å²) in [7, 11) is 0. The molecule has 96 valence electrons. The van der Waals surface area contributed by atoms with E-state index in [-0.39, 0.29) is 0 Å². The van der Waals surface area contributed by atoms with Crippen molar-refractivity contribution in [3.8, 4) is 0 Å². The minimum absolute atomic E-state index is 0.450. The molecule has 0 aromatic carbocycles. The van der Waals surface area contributed by atoms with Crippen LogP contribution in [0.4, 0.5) is 0 Å². The SMILES string of the molecule is CC(C)n1ccc(CN2CCC(CCl)CC2)n1. The molecule has 0 aliphatic carbocycles. The molecule has 1 aliphatic rings. The maximum atomic E-state index is 5.89. The minimum atomic E-state index is 0.450. The van der Waals surface area contributed by atoms with Crippen LogP contribution < -0.4 is 0 Å². The Morgan fingerprint density at radius 2 is 2.12 bits per heavy atom. The molecular formula is C13H22ClN3. The van der Waals surface area contributed by atoms with Crippen molar-refractivity contribution in [3.63, 3.8) is 0 Å². The molecule has 0 N–H and O–H groups in total. The van der Waals surface area contributed by atoms with Crippen LogP contribution in [0.25, 0.3) is 0 Å². The van der Waals surface area contributed by atoms with E-state index in [0.717, 1.165) is 31.4 Å². The quantitative estimate of drug-likeness (QED) is 0.772. The van der Waals surface area contributed by atoms with Crippen molar-refractivity contribution < 1.29 is 0 Å². The smallest absolute Gasteiger partial charge is 0.0764 e. The number of likely N-dealkylation sites (tertiary alicyclic amines) is 1. The number of nitrogens with zero attached hydrogens (tertiary/aromatic N) is 3. The van der Waals surface area contributed by atoms with Crippen LogP contribution in [-0.2, 0) is 6.54 Å². The molecule has 0 saturated carbocycles. The third kappa shape index (κ3) is 3.46. The van der Waals surface area contributed by atoms with Gasteiger partial charge in [-0.05, 0) is 51.8 Å². The summed E-state index contributed by atoms with van der Waals surface area (Å²) in [5.41, 5.74) is 1.18. The maximum Gasteiger partial charge on any atom is 0.0764 e. The van der Waals surface area contributed by atoms with Crippen LogP contribution in [0, 0.1) is 5.92 Å². The van der Waals surface area contributed by atoms with Crippen LogP contribution in [0.15, 0.2) is 12.3 Å². The first-order chi connectivity index (χ1) is 8.19. The van der Waals surface area contributed by atoms with E-state index in [4.69, 9.17) is 11.6 Å². The Balaban J connectivity index is 1.84. The topological polar surface area (TPSA) is 21.1 Å². The van der Waals surface area contributed by atoms with Crippen molar-refractivity contribution in [2.75, 3.05) is 19.0 Å². The van der Waals surface area contributed by atoms with Gasteiger partial charge in [0.1, 0.15) is 0 Å². The molecule has 0 bridgehead atoms. The maximum absolute atomic E-state index is 5.89. The number of rotatable bonds is 4. The largest absolute Gasteiger partial charge is 0.297 e. The number of aromatic nitrogens is 2. The summed E-state index contributed by atoms with van der Waals surface area (Å²) in [5, 5.41) is 4.59. The molecule has 0 unspecified atom stereocenters. The van der Waals surface area contributed by atoms with Gasteiger partial charge in [-0.3, -0.25) is 9.58 Å². The molecule has 1 fully saturated rings. The second-order valence-electron chi connectivity index (χ2n) is 5.25.